The molecule has 122 valence electrons. The van der Waals surface area contributed by atoms with Crippen molar-refractivity contribution in [2.75, 3.05) is 29.4 Å². The van der Waals surface area contributed by atoms with Crippen LogP contribution < -0.4 is 9.80 Å². The highest BCUT2D eigenvalue weighted by Crippen LogP contribution is 2.32. The third-order valence-corrected chi connectivity index (χ3v) is 4.28. The van der Waals surface area contributed by atoms with Gasteiger partial charge in [-0.2, -0.15) is 4.98 Å². The van der Waals surface area contributed by atoms with E-state index in [9.17, 15) is 0 Å². The maximum atomic E-state index is 4.87. The van der Waals surface area contributed by atoms with Gasteiger partial charge in [0, 0.05) is 31.5 Å². The second-order valence-electron chi connectivity index (χ2n) is 6.09. The summed E-state index contributed by atoms with van der Waals surface area (Å²) in [4.78, 5) is 14.0. The fraction of sp³-hybridized carbons (Fsp3) is 0.474. The first kappa shape index (κ1) is 15.8. The second kappa shape index (κ2) is 7.44. The van der Waals surface area contributed by atoms with Crippen molar-refractivity contribution in [3.05, 3.63) is 42.1 Å². The molecule has 4 heteroatoms. The summed E-state index contributed by atoms with van der Waals surface area (Å²) < 4.78 is 0. The lowest BCUT2D eigenvalue weighted by Gasteiger charge is -2.31. The molecule has 1 aromatic heterocycles. The van der Waals surface area contributed by atoms with Gasteiger partial charge in [0.15, 0.2) is 0 Å². The van der Waals surface area contributed by atoms with Gasteiger partial charge in [-0.15, -0.1) is 0 Å². The first-order chi connectivity index (χ1) is 11.3. The molecule has 0 amide bonds. The SMILES string of the molecule is CCCN(CCC)c1nccc(N2CCCc3ccccc32)n1. The molecule has 0 spiro atoms. The van der Waals surface area contributed by atoms with Crippen molar-refractivity contribution in [1.82, 2.24) is 9.97 Å². The summed E-state index contributed by atoms with van der Waals surface area (Å²) in [7, 11) is 0. The van der Waals surface area contributed by atoms with Crippen LogP contribution in [0.2, 0.25) is 0 Å². The Balaban J connectivity index is 1.91. The van der Waals surface area contributed by atoms with Gasteiger partial charge in [0.1, 0.15) is 5.82 Å². The van der Waals surface area contributed by atoms with Crippen molar-refractivity contribution in [3.8, 4) is 0 Å². The van der Waals surface area contributed by atoms with Crippen LogP contribution in [0.5, 0.6) is 0 Å². The summed E-state index contributed by atoms with van der Waals surface area (Å²) in [5.41, 5.74) is 2.71. The van der Waals surface area contributed by atoms with Crippen LogP contribution in [0.25, 0.3) is 0 Å². The Bertz CT molecular complexity index is 635. The molecule has 0 saturated heterocycles. The molecular weight excluding hydrogens is 284 g/mol. The molecule has 23 heavy (non-hydrogen) atoms. The lowest BCUT2D eigenvalue weighted by atomic mass is 10.0. The molecule has 2 heterocycles. The van der Waals surface area contributed by atoms with Crippen molar-refractivity contribution in [2.45, 2.75) is 39.5 Å². The Morgan fingerprint density at radius 1 is 1.09 bits per heavy atom. The van der Waals surface area contributed by atoms with Crippen molar-refractivity contribution in [2.24, 2.45) is 0 Å². The Labute approximate surface area is 139 Å². The predicted molar refractivity (Wildman–Crippen MR) is 96.6 cm³/mol. The van der Waals surface area contributed by atoms with Crippen LogP contribution in [-0.2, 0) is 6.42 Å². The smallest absolute Gasteiger partial charge is 0.227 e. The minimum Gasteiger partial charge on any atom is -0.341 e. The van der Waals surface area contributed by atoms with Crippen LogP contribution in [-0.4, -0.2) is 29.6 Å². The molecule has 0 aliphatic carbocycles. The van der Waals surface area contributed by atoms with E-state index in [0.29, 0.717) is 0 Å². The minimum absolute atomic E-state index is 0.856. The zero-order chi connectivity index (χ0) is 16.1. The van der Waals surface area contributed by atoms with Crippen LogP contribution >= 0.6 is 0 Å². The number of para-hydroxylation sites is 1. The van der Waals surface area contributed by atoms with Crippen molar-refractivity contribution < 1.29 is 0 Å². The molecule has 4 nitrogen and oxygen atoms in total. The van der Waals surface area contributed by atoms with Crippen LogP contribution in [0, 0.1) is 0 Å². The van der Waals surface area contributed by atoms with E-state index in [1.807, 2.05) is 12.3 Å². The maximum Gasteiger partial charge on any atom is 0.227 e. The summed E-state index contributed by atoms with van der Waals surface area (Å²) in [5.74, 6) is 1.87. The molecule has 1 aliphatic heterocycles. The maximum absolute atomic E-state index is 4.87. The third kappa shape index (κ3) is 3.46. The summed E-state index contributed by atoms with van der Waals surface area (Å²) >= 11 is 0. The molecule has 0 bridgehead atoms. The number of fused-ring (bicyclic) bond motifs is 1. The third-order valence-electron chi connectivity index (χ3n) is 4.28. The van der Waals surface area contributed by atoms with Crippen LogP contribution in [0.3, 0.4) is 0 Å². The van der Waals surface area contributed by atoms with Crippen LogP contribution in [0.4, 0.5) is 17.5 Å². The van der Waals surface area contributed by atoms with E-state index >= 15 is 0 Å². The van der Waals surface area contributed by atoms with E-state index in [0.717, 1.165) is 50.7 Å². The monoisotopic (exact) mass is 310 g/mol. The van der Waals surface area contributed by atoms with Crippen molar-refractivity contribution in [1.29, 1.82) is 0 Å². The summed E-state index contributed by atoms with van der Waals surface area (Å²) in [6.45, 7) is 7.44. The Morgan fingerprint density at radius 2 is 1.87 bits per heavy atom. The van der Waals surface area contributed by atoms with Gasteiger partial charge in [-0.25, -0.2) is 4.98 Å². The number of hydrogen-bond acceptors (Lipinski definition) is 4. The summed E-state index contributed by atoms with van der Waals surface area (Å²) in [6, 6.07) is 10.7. The highest BCUT2D eigenvalue weighted by atomic mass is 15.3. The molecule has 0 unspecified atom stereocenters. The molecule has 0 saturated carbocycles. The number of hydrogen-bond donors (Lipinski definition) is 0. The zero-order valence-electron chi connectivity index (χ0n) is 14.2. The zero-order valence-corrected chi connectivity index (χ0v) is 14.2. The van der Waals surface area contributed by atoms with Crippen LogP contribution in [0.15, 0.2) is 36.5 Å². The molecule has 0 N–H and O–H groups in total. The van der Waals surface area contributed by atoms with Gasteiger partial charge in [0.25, 0.3) is 0 Å². The number of aryl methyl sites for hydroxylation is 1. The molecule has 1 aliphatic rings. The predicted octanol–water partition coefficient (Wildman–Crippen LogP) is 4.19. The average Bonchev–Trinajstić information content (AvgIpc) is 2.61. The highest BCUT2D eigenvalue weighted by molar-refractivity contribution is 5.65. The van der Waals surface area contributed by atoms with E-state index in [1.165, 1.54) is 17.7 Å². The lowest BCUT2D eigenvalue weighted by Crippen LogP contribution is -2.29. The van der Waals surface area contributed by atoms with Gasteiger partial charge in [0.05, 0.1) is 0 Å². The number of anilines is 3. The highest BCUT2D eigenvalue weighted by Gasteiger charge is 2.19. The first-order valence-electron chi connectivity index (χ1n) is 8.77. The minimum atomic E-state index is 0.856. The number of benzene rings is 1. The number of rotatable bonds is 6. The summed E-state index contributed by atoms with van der Waals surface area (Å²) in [5, 5.41) is 0. The van der Waals surface area contributed by atoms with Crippen LogP contribution in [0.1, 0.15) is 38.7 Å². The van der Waals surface area contributed by atoms with Crippen molar-refractivity contribution in [3.63, 3.8) is 0 Å². The van der Waals surface area contributed by atoms with E-state index in [4.69, 9.17) is 4.98 Å². The van der Waals surface area contributed by atoms with Gasteiger partial charge < -0.3 is 9.80 Å². The molecule has 3 rings (SSSR count). The largest absolute Gasteiger partial charge is 0.341 e. The average molecular weight is 310 g/mol. The van der Waals surface area contributed by atoms with Gasteiger partial charge in [-0.05, 0) is 43.4 Å². The Hall–Kier alpha value is -2.10. The topological polar surface area (TPSA) is 32.3 Å². The molecule has 0 atom stereocenters. The Kier molecular flexibility index (Phi) is 5.11. The van der Waals surface area contributed by atoms with Crippen molar-refractivity contribution >= 4 is 17.5 Å². The molecule has 0 fully saturated rings. The van der Waals surface area contributed by atoms with E-state index in [2.05, 4.69) is 52.9 Å². The van der Waals surface area contributed by atoms with Gasteiger partial charge in [-0.1, -0.05) is 32.0 Å². The van der Waals surface area contributed by atoms with E-state index < -0.39 is 0 Å². The normalized spacial score (nSPS) is 13.7. The van der Waals surface area contributed by atoms with Gasteiger partial charge in [-0.3, -0.25) is 0 Å². The molecule has 1 aromatic carbocycles. The van der Waals surface area contributed by atoms with E-state index in [1.54, 1.807) is 0 Å². The quantitative estimate of drug-likeness (QED) is 0.801. The fourth-order valence-electron chi connectivity index (χ4n) is 3.27. The number of nitrogens with zero attached hydrogens (tertiary/aromatic N) is 4. The fourth-order valence-corrected chi connectivity index (χ4v) is 3.27. The lowest BCUT2D eigenvalue weighted by molar-refractivity contribution is 0.715. The first-order valence-corrected chi connectivity index (χ1v) is 8.77. The van der Waals surface area contributed by atoms with Gasteiger partial charge in [0.2, 0.25) is 5.95 Å². The summed E-state index contributed by atoms with van der Waals surface area (Å²) in [6.07, 6.45) is 6.44. The number of aromatic nitrogens is 2. The molecule has 0 radical (unpaired) electrons. The van der Waals surface area contributed by atoms with E-state index in [-0.39, 0.29) is 0 Å². The standard InChI is InChI=1S/C19H26N4/c1-3-13-22(14-4-2)19-20-12-11-18(21-19)23-15-7-9-16-8-5-6-10-17(16)23/h5-6,8,10-12H,3-4,7,9,13-15H2,1-2H3. The van der Waals surface area contributed by atoms with Gasteiger partial charge >= 0.3 is 0 Å². The molecule has 2 aromatic rings. The Morgan fingerprint density at radius 3 is 2.65 bits per heavy atom. The molecular formula is C19H26N4. The second-order valence-corrected chi connectivity index (χ2v) is 6.09.